The summed E-state index contributed by atoms with van der Waals surface area (Å²) in [6, 6.07) is 18.4. The zero-order valence-electron chi connectivity index (χ0n) is 18.3. The molecule has 1 amide bonds. The van der Waals surface area contributed by atoms with E-state index in [-0.39, 0.29) is 19.1 Å². The summed E-state index contributed by atoms with van der Waals surface area (Å²) in [6.07, 6.45) is 1.11. The molecule has 0 heterocycles. The molecule has 0 saturated carbocycles. The van der Waals surface area contributed by atoms with Crippen molar-refractivity contribution in [1.82, 2.24) is 5.32 Å². The van der Waals surface area contributed by atoms with Crippen LogP contribution < -0.4 is 14.4 Å². The van der Waals surface area contributed by atoms with E-state index in [0.29, 0.717) is 5.69 Å². The second kappa shape index (κ2) is 9.39. The lowest BCUT2D eigenvalue weighted by atomic mass is 10.1. The van der Waals surface area contributed by atoms with Gasteiger partial charge in [-0.25, -0.2) is 8.42 Å². The standard InChI is InChI=1S/C24H28N2O4S/c1-17-12-13-18(2)22(16-17)26(31(4,28)29)19(3)24(27)25-14-15-30-23-11-7-9-20-8-5-6-10-21(20)23/h5-13,16,19H,14-15H2,1-4H3,(H,25,27). The van der Waals surface area contributed by atoms with Gasteiger partial charge in [-0.2, -0.15) is 0 Å². The van der Waals surface area contributed by atoms with Gasteiger partial charge in [-0.1, -0.05) is 48.5 Å². The maximum atomic E-state index is 12.8. The van der Waals surface area contributed by atoms with Crippen LogP contribution in [0.5, 0.6) is 5.75 Å². The quantitative estimate of drug-likeness (QED) is 0.541. The fourth-order valence-electron chi connectivity index (χ4n) is 3.54. The summed E-state index contributed by atoms with van der Waals surface area (Å²) in [5.41, 5.74) is 2.22. The summed E-state index contributed by atoms with van der Waals surface area (Å²) in [7, 11) is -3.66. The minimum absolute atomic E-state index is 0.261. The first-order valence-electron chi connectivity index (χ1n) is 10.1. The van der Waals surface area contributed by atoms with Crippen LogP contribution >= 0.6 is 0 Å². The van der Waals surface area contributed by atoms with Crippen molar-refractivity contribution >= 4 is 32.4 Å². The van der Waals surface area contributed by atoms with Crippen molar-refractivity contribution < 1.29 is 17.9 Å². The second-order valence-electron chi connectivity index (χ2n) is 7.64. The predicted octanol–water partition coefficient (Wildman–Crippen LogP) is 3.81. The van der Waals surface area contributed by atoms with E-state index < -0.39 is 16.1 Å². The van der Waals surface area contributed by atoms with Crippen LogP contribution in [0.15, 0.2) is 60.7 Å². The molecule has 0 aliphatic rings. The molecule has 3 aromatic rings. The Kier molecular flexibility index (Phi) is 6.85. The van der Waals surface area contributed by atoms with Crippen LogP contribution in [0.2, 0.25) is 0 Å². The molecule has 3 rings (SSSR count). The highest BCUT2D eigenvalue weighted by atomic mass is 32.2. The molecule has 6 nitrogen and oxygen atoms in total. The second-order valence-corrected chi connectivity index (χ2v) is 9.50. The number of sulfonamides is 1. The molecular formula is C24H28N2O4S. The Morgan fingerprint density at radius 2 is 1.77 bits per heavy atom. The Morgan fingerprint density at radius 3 is 2.52 bits per heavy atom. The maximum absolute atomic E-state index is 12.8. The van der Waals surface area contributed by atoms with E-state index in [1.54, 1.807) is 13.0 Å². The SMILES string of the molecule is Cc1ccc(C)c(N(C(C)C(=O)NCCOc2cccc3ccccc23)S(C)(=O)=O)c1. The van der Waals surface area contributed by atoms with Gasteiger partial charge in [0.2, 0.25) is 15.9 Å². The molecule has 3 aromatic carbocycles. The summed E-state index contributed by atoms with van der Waals surface area (Å²) >= 11 is 0. The number of nitrogens with zero attached hydrogens (tertiary/aromatic N) is 1. The normalized spacial score (nSPS) is 12.4. The number of hydrogen-bond donors (Lipinski definition) is 1. The molecule has 164 valence electrons. The Balaban J connectivity index is 1.66. The Hall–Kier alpha value is -3.06. The van der Waals surface area contributed by atoms with Crippen molar-refractivity contribution in [2.45, 2.75) is 26.8 Å². The van der Waals surface area contributed by atoms with Crippen molar-refractivity contribution in [3.05, 3.63) is 71.8 Å². The fourth-order valence-corrected chi connectivity index (χ4v) is 4.77. The molecule has 0 saturated heterocycles. The average molecular weight is 441 g/mol. The predicted molar refractivity (Wildman–Crippen MR) is 125 cm³/mol. The molecule has 0 fully saturated rings. The number of ether oxygens (including phenoxy) is 1. The van der Waals surface area contributed by atoms with Gasteiger partial charge in [0.1, 0.15) is 18.4 Å². The van der Waals surface area contributed by atoms with Crippen molar-refractivity contribution in [2.75, 3.05) is 23.7 Å². The van der Waals surface area contributed by atoms with E-state index in [9.17, 15) is 13.2 Å². The monoisotopic (exact) mass is 440 g/mol. The van der Waals surface area contributed by atoms with E-state index in [0.717, 1.165) is 33.9 Å². The van der Waals surface area contributed by atoms with Gasteiger partial charge in [0.15, 0.2) is 0 Å². The highest BCUT2D eigenvalue weighted by Gasteiger charge is 2.30. The number of amides is 1. The number of fused-ring (bicyclic) bond motifs is 1. The Morgan fingerprint density at radius 1 is 1.06 bits per heavy atom. The minimum Gasteiger partial charge on any atom is -0.491 e. The summed E-state index contributed by atoms with van der Waals surface area (Å²) in [4.78, 5) is 12.8. The topological polar surface area (TPSA) is 75.7 Å². The van der Waals surface area contributed by atoms with E-state index >= 15 is 0 Å². The van der Waals surface area contributed by atoms with Crippen molar-refractivity contribution in [3.63, 3.8) is 0 Å². The van der Waals surface area contributed by atoms with E-state index in [1.807, 2.05) is 68.4 Å². The molecule has 1 atom stereocenters. The maximum Gasteiger partial charge on any atom is 0.243 e. The molecule has 1 N–H and O–H groups in total. The van der Waals surface area contributed by atoms with Gasteiger partial charge in [-0.3, -0.25) is 9.10 Å². The van der Waals surface area contributed by atoms with Gasteiger partial charge < -0.3 is 10.1 Å². The minimum atomic E-state index is -3.66. The summed E-state index contributed by atoms with van der Waals surface area (Å²) in [6.45, 7) is 5.84. The first kappa shape index (κ1) is 22.6. The number of aryl methyl sites for hydroxylation is 2. The van der Waals surface area contributed by atoms with Crippen molar-refractivity contribution in [3.8, 4) is 5.75 Å². The number of nitrogens with one attached hydrogen (secondary N) is 1. The third-order valence-electron chi connectivity index (χ3n) is 5.10. The molecular weight excluding hydrogens is 412 g/mol. The van der Waals surface area contributed by atoms with E-state index in [1.165, 1.54) is 4.31 Å². The fraction of sp³-hybridized carbons (Fsp3) is 0.292. The lowest BCUT2D eigenvalue weighted by Crippen LogP contribution is -2.48. The molecule has 31 heavy (non-hydrogen) atoms. The van der Waals surface area contributed by atoms with Gasteiger partial charge in [0.25, 0.3) is 0 Å². The molecule has 7 heteroatoms. The van der Waals surface area contributed by atoms with Gasteiger partial charge in [0.05, 0.1) is 18.5 Å². The van der Waals surface area contributed by atoms with Crippen molar-refractivity contribution in [1.29, 1.82) is 0 Å². The van der Waals surface area contributed by atoms with Crippen LogP contribution in [0, 0.1) is 13.8 Å². The number of rotatable bonds is 8. The number of anilines is 1. The van der Waals surface area contributed by atoms with Crippen molar-refractivity contribution in [2.24, 2.45) is 0 Å². The van der Waals surface area contributed by atoms with E-state index in [2.05, 4.69) is 5.32 Å². The number of benzene rings is 3. The van der Waals surface area contributed by atoms with Crippen LogP contribution in [0.4, 0.5) is 5.69 Å². The van der Waals surface area contributed by atoms with Crippen LogP contribution in [-0.4, -0.2) is 39.8 Å². The van der Waals surface area contributed by atoms with Gasteiger partial charge >= 0.3 is 0 Å². The third-order valence-corrected chi connectivity index (χ3v) is 6.33. The van der Waals surface area contributed by atoms with Crippen LogP contribution in [0.3, 0.4) is 0 Å². The molecule has 0 spiro atoms. The summed E-state index contributed by atoms with van der Waals surface area (Å²) < 4.78 is 32.0. The molecule has 1 unspecified atom stereocenters. The van der Waals surface area contributed by atoms with Gasteiger partial charge in [0, 0.05) is 5.39 Å². The van der Waals surface area contributed by atoms with Crippen LogP contribution in [-0.2, 0) is 14.8 Å². The average Bonchev–Trinajstić information content (AvgIpc) is 2.72. The number of hydrogen-bond acceptors (Lipinski definition) is 4. The molecule has 0 aromatic heterocycles. The Bertz CT molecular complexity index is 1190. The zero-order chi connectivity index (χ0) is 22.6. The Labute approximate surface area is 183 Å². The molecule has 0 aliphatic carbocycles. The first-order chi connectivity index (χ1) is 14.7. The largest absolute Gasteiger partial charge is 0.491 e. The van der Waals surface area contributed by atoms with Gasteiger partial charge in [-0.15, -0.1) is 0 Å². The highest BCUT2D eigenvalue weighted by molar-refractivity contribution is 7.92. The number of carbonyl (C=O) groups excluding carboxylic acids is 1. The third kappa shape index (κ3) is 5.35. The van der Waals surface area contributed by atoms with Crippen LogP contribution in [0.25, 0.3) is 10.8 Å². The first-order valence-corrected chi connectivity index (χ1v) is 12.0. The van der Waals surface area contributed by atoms with Crippen LogP contribution in [0.1, 0.15) is 18.1 Å². The zero-order valence-corrected chi connectivity index (χ0v) is 19.1. The molecule has 0 radical (unpaired) electrons. The van der Waals surface area contributed by atoms with E-state index in [4.69, 9.17) is 4.74 Å². The summed E-state index contributed by atoms with van der Waals surface area (Å²) in [5.74, 6) is 0.362. The smallest absolute Gasteiger partial charge is 0.243 e. The van der Waals surface area contributed by atoms with Gasteiger partial charge in [-0.05, 0) is 49.4 Å². The lowest BCUT2D eigenvalue weighted by Gasteiger charge is -2.29. The molecule has 0 bridgehead atoms. The lowest BCUT2D eigenvalue weighted by molar-refractivity contribution is -0.121. The molecule has 0 aliphatic heterocycles. The highest BCUT2D eigenvalue weighted by Crippen LogP contribution is 2.27. The summed E-state index contributed by atoms with van der Waals surface area (Å²) in [5, 5.41) is 4.87. The number of carbonyl (C=O) groups is 1.